The minimum absolute atomic E-state index is 0.330. The van der Waals surface area contributed by atoms with E-state index in [0.717, 1.165) is 37.0 Å². The molecule has 1 saturated heterocycles. The molecule has 0 aromatic heterocycles. The van der Waals surface area contributed by atoms with Crippen molar-refractivity contribution in [1.82, 2.24) is 10.6 Å². The predicted octanol–water partition coefficient (Wildman–Crippen LogP) is 2.73. The van der Waals surface area contributed by atoms with Crippen LogP contribution in [0.5, 0.6) is 0 Å². The van der Waals surface area contributed by atoms with Gasteiger partial charge >= 0.3 is 0 Å². The zero-order valence-corrected chi connectivity index (χ0v) is 13.5. The fourth-order valence-electron chi connectivity index (χ4n) is 2.04. The Bertz CT molecular complexity index is 416. The monoisotopic (exact) mass is 310 g/mol. The Balaban J connectivity index is 1.53. The van der Waals surface area contributed by atoms with Crippen LogP contribution in [-0.2, 0) is 4.74 Å². The third-order valence-electron chi connectivity index (χ3n) is 3.19. The molecule has 0 bridgehead atoms. The van der Waals surface area contributed by atoms with Gasteiger partial charge in [-0.25, -0.2) is 0 Å². The van der Waals surface area contributed by atoms with E-state index < -0.39 is 0 Å². The Morgan fingerprint density at radius 3 is 2.85 bits per heavy atom. The van der Waals surface area contributed by atoms with Crippen LogP contribution in [0.1, 0.15) is 18.4 Å². The van der Waals surface area contributed by atoms with Crippen LogP contribution < -0.4 is 10.6 Å². The molecule has 0 aliphatic carbocycles. The Morgan fingerprint density at radius 2 is 2.15 bits per heavy atom. The second-order valence-corrected chi connectivity index (χ2v) is 6.51. The van der Waals surface area contributed by atoms with Crippen LogP contribution in [0.3, 0.4) is 0 Å². The molecule has 110 valence electrons. The quantitative estimate of drug-likeness (QED) is 0.480. The summed E-state index contributed by atoms with van der Waals surface area (Å²) in [5.41, 5.74) is 1.30. The number of ether oxygens (including phenoxy) is 1. The number of nitrogens with one attached hydrogen (secondary N) is 2. The fourth-order valence-corrected chi connectivity index (χ4v) is 3.00. The predicted molar refractivity (Wildman–Crippen MR) is 89.5 cm³/mol. The van der Waals surface area contributed by atoms with Crippen molar-refractivity contribution < 1.29 is 4.74 Å². The van der Waals surface area contributed by atoms with E-state index in [2.05, 4.69) is 41.8 Å². The maximum absolute atomic E-state index is 5.54. The smallest absolute Gasteiger partial charge is 0.166 e. The minimum Gasteiger partial charge on any atom is -0.376 e. The summed E-state index contributed by atoms with van der Waals surface area (Å²) in [7, 11) is 0. The highest BCUT2D eigenvalue weighted by atomic mass is 32.2. The van der Waals surface area contributed by atoms with Gasteiger partial charge in [0.1, 0.15) is 0 Å². The average Bonchev–Trinajstić information content (AvgIpc) is 2.96. The van der Waals surface area contributed by atoms with E-state index >= 15 is 0 Å². The number of hydrogen-bond acceptors (Lipinski definition) is 3. The standard InChI is InChI=1S/C15H22N2OS2/c1-12-4-6-14(7-5-12)20-10-8-16-15(19)17-11-13-3-2-9-18-13/h4-7,13H,2-3,8-11H2,1H3,(H2,16,17,19)/t13-/m1/s1. The van der Waals surface area contributed by atoms with Crippen molar-refractivity contribution in [3.63, 3.8) is 0 Å². The van der Waals surface area contributed by atoms with Gasteiger partial charge in [0, 0.05) is 30.3 Å². The van der Waals surface area contributed by atoms with Crippen LogP contribution in [0, 0.1) is 6.92 Å². The number of thioether (sulfide) groups is 1. The molecule has 1 aromatic carbocycles. The van der Waals surface area contributed by atoms with Crippen LogP contribution in [-0.4, -0.2) is 36.7 Å². The van der Waals surface area contributed by atoms with Crippen LogP contribution in [0.15, 0.2) is 29.2 Å². The minimum atomic E-state index is 0.330. The van der Waals surface area contributed by atoms with Gasteiger partial charge in [-0.1, -0.05) is 17.7 Å². The molecule has 0 amide bonds. The Labute approximate surface area is 130 Å². The lowest BCUT2D eigenvalue weighted by Crippen LogP contribution is -2.40. The van der Waals surface area contributed by atoms with Gasteiger partial charge in [-0.15, -0.1) is 11.8 Å². The lowest BCUT2D eigenvalue weighted by atomic mass is 10.2. The number of hydrogen-bond donors (Lipinski definition) is 2. The molecular formula is C15H22N2OS2. The second-order valence-electron chi connectivity index (χ2n) is 4.93. The summed E-state index contributed by atoms with van der Waals surface area (Å²) in [5.74, 6) is 1.00. The van der Waals surface area contributed by atoms with Crippen LogP contribution >= 0.6 is 24.0 Å². The topological polar surface area (TPSA) is 33.3 Å². The summed E-state index contributed by atoms with van der Waals surface area (Å²) < 4.78 is 5.54. The Morgan fingerprint density at radius 1 is 1.35 bits per heavy atom. The second kappa shape index (κ2) is 8.49. The molecule has 0 unspecified atom stereocenters. The molecule has 5 heteroatoms. The first-order valence-electron chi connectivity index (χ1n) is 7.07. The lowest BCUT2D eigenvalue weighted by Gasteiger charge is -2.13. The highest BCUT2D eigenvalue weighted by Gasteiger charge is 2.14. The molecule has 1 aliphatic heterocycles. The third kappa shape index (κ3) is 5.69. The lowest BCUT2D eigenvalue weighted by molar-refractivity contribution is 0.114. The molecule has 3 nitrogen and oxygen atoms in total. The Kier molecular flexibility index (Phi) is 6.63. The first-order chi connectivity index (χ1) is 9.74. The van der Waals surface area contributed by atoms with Crippen molar-refractivity contribution >= 4 is 29.1 Å². The molecule has 1 fully saturated rings. The van der Waals surface area contributed by atoms with E-state index in [1.807, 2.05) is 11.8 Å². The van der Waals surface area contributed by atoms with Crippen LogP contribution in [0.25, 0.3) is 0 Å². The zero-order valence-electron chi connectivity index (χ0n) is 11.9. The number of aryl methyl sites for hydroxylation is 1. The maximum atomic E-state index is 5.54. The summed E-state index contributed by atoms with van der Waals surface area (Å²) in [6.45, 7) is 4.68. The highest BCUT2D eigenvalue weighted by Crippen LogP contribution is 2.17. The average molecular weight is 310 g/mol. The van der Waals surface area contributed by atoms with E-state index in [9.17, 15) is 0 Å². The molecule has 0 radical (unpaired) electrons. The molecule has 1 aliphatic rings. The molecule has 1 heterocycles. The van der Waals surface area contributed by atoms with Gasteiger partial charge in [-0.3, -0.25) is 0 Å². The third-order valence-corrected chi connectivity index (χ3v) is 4.49. The maximum Gasteiger partial charge on any atom is 0.166 e. The first kappa shape index (κ1) is 15.6. The van der Waals surface area contributed by atoms with Gasteiger partial charge in [-0.2, -0.15) is 0 Å². The van der Waals surface area contributed by atoms with Gasteiger partial charge in [0.05, 0.1) is 6.10 Å². The summed E-state index contributed by atoms with van der Waals surface area (Å²) >= 11 is 7.09. The summed E-state index contributed by atoms with van der Waals surface area (Å²) in [4.78, 5) is 1.30. The number of thiocarbonyl (C=S) groups is 1. The highest BCUT2D eigenvalue weighted by molar-refractivity contribution is 7.99. The number of rotatable bonds is 6. The summed E-state index contributed by atoms with van der Waals surface area (Å²) in [5, 5.41) is 7.18. The largest absolute Gasteiger partial charge is 0.376 e. The first-order valence-corrected chi connectivity index (χ1v) is 8.46. The fraction of sp³-hybridized carbons (Fsp3) is 0.533. The molecule has 2 N–H and O–H groups in total. The number of benzene rings is 1. The molecule has 20 heavy (non-hydrogen) atoms. The Hall–Kier alpha value is -0.780. The van der Waals surface area contributed by atoms with Crippen molar-refractivity contribution in [2.75, 3.05) is 25.4 Å². The van der Waals surface area contributed by atoms with E-state index in [1.54, 1.807) is 0 Å². The summed E-state index contributed by atoms with van der Waals surface area (Å²) in [6.07, 6.45) is 2.63. The molecular weight excluding hydrogens is 288 g/mol. The van der Waals surface area contributed by atoms with E-state index in [1.165, 1.54) is 16.9 Å². The van der Waals surface area contributed by atoms with Crippen molar-refractivity contribution in [3.8, 4) is 0 Å². The zero-order chi connectivity index (χ0) is 14.2. The van der Waals surface area contributed by atoms with Crippen molar-refractivity contribution in [3.05, 3.63) is 29.8 Å². The van der Waals surface area contributed by atoms with E-state index in [4.69, 9.17) is 17.0 Å². The van der Waals surface area contributed by atoms with Gasteiger partial charge in [0.2, 0.25) is 0 Å². The van der Waals surface area contributed by atoms with Gasteiger partial charge < -0.3 is 15.4 Å². The molecule has 0 spiro atoms. The van der Waals surface area contributed by atoms with Crippen molar-refractivity contribution in [1.29, 1.82) is 0 Å². The van der Waals surface area contributed by atoms with Gasteiger partial charge in [-0.05, 0) is 44.1 Å². The molecule has 0 saturated carbocycles. The van der Waals surface area contributed by atoms with Gasteiger partial charge in [0.25, 0.3) is 0 Å². The molecule has 1 aromatic rings. The SMILES string of the molecule is Cc1ccc(SCCNC(=S)NC[C@H]2CCCO2)cc1. The normalized spacial score (nSPS) is 17.9. The summed E-state index contributed by atoms with van der Waals surface area (Å²) in [6, 6.07) is 8.61. The van der Waals surface area contributed by atoms with E-state index in [-0.39, 0.29) is 0 Å². The molecule has 2 rings (SSSR count). The van der Waals surface area contributed by atoms with E-state index in [0.29, 0.717) is 6.10 Å². The molecule has 1 atom stereocenters. The van der Waals surface area contributed by atoms with Crippen molar-refractivity contribution in [2.45, 2.75) is 30.8 Å². The van der Waals surface area contributed by atoms with Gasteiger partial charge in [0.15, 0.2) is 5.11 Å². The van der Waals surface area contributed by atoms with Crippen molar-refractivity contribution in [2.24, 2.45) is 0 Å². The van der Waals surface area contributed by atoms with Crippen LogP contribution in [0.2, 0.25) is 0 Å². The van der Waals surface area contributed by atoms with Crippen LogP contribution in [0.4, 0.5) is 0 Å².